The molecule has 1 saturated heterocycles. The minimum absolute atomic E-state index is 0.380. The number of benzene rings is 1. The van der Waals surface area contributed by atoms with Crippen molar-refractivity contribution < 1.29 is 9.47 Å². The average Bonchev–Trinajstić information content (AvgIpc) is 2.56. The molecule has 134 valence electrons. The van der Waals surface area contributed by atoms with Crippen molar-refractivity contribution in [3.8, 4) is 11.5 Å². The average molecular weight is 352 g/mol. The van der Waals surface area contributed by atoms with E-state index in [2.05, 4.69) is 42.0 Å². The van der Waals surface area contributed by atoms with E-state index in [-0.39, 0.29) is 0 Å². The summed E-state index contributed by atoms with van der Waals surface area (Å²) in [4.78, 5) is 4.72. The van der Waals surface area contributed by atoms with Gasteiger partial charge < -0.3 is 19.7 Å². The molecule has 1 N–H and O–H groups in total. The van der Waals surface area contributed by atoms with Crippen molar-refractivity contribution in [2.45, 2.75) is 33.4 Å². The Hall–Kier alpha value is -1.53. The van der Waals surface area contributed by atoms with Gasteiger partial charge >= 0.3 is 0 Å². The largest absolute Gasteiger partial charge is 0.493 e. The van der Waals surface area contributed by atoms with E-state index in [1.54, 1.807) is 14.2 Å². The molecule has 0 aromatic heterocycles. The van der Waals surface area contributed by atoms with Gasteiger partial charge in [-0.1, -0.05) is 0 Å². The second-order valence-corrected chi connectivity index (χ2v) is 6.89. The molecule has 0 amide bonds. The van der Waals surface area contributed by atoms with Gasteiger partial charge in [-0.05, 0) is 56.2 Å². The van der Waals surface area contributed by atoms with Crippen LogP contribution in [0.25, 0.3) is 0 Å². The lowest BCUT2D eigenvalue weighted by Gasteiger charge is -2.37. The molecule has 6 heteroatoms. The lowest BCUT2D eigenvalue weighted by atomic mass is 10.1. The van der Waals surface area contributed by atoms with E-state index in [0.29, 0.717) is 6.04 Å². The van der Waals surface area contributed by atoms with Crippen LogP contribution < -0.4 is 14.8 Å². The van der Waals surface area contributed by atoms with E-state index in [4.69, 9.17) is 21.7 Å². The maximum absolute atomic E-state index is 5.47. The van der Waals surface area contributed by atoms with E-state index in [9.17, 15) is 0 Å². The van der Waals surface area contributed by atoms with Crippen molar-refractivity contribution in [1.29, 1.82) is 0 Å². The summed E-state index contributed by atoms with van der Waals surface area (Å²) in [5.41, 5.74) is 2.51. The van der Waals surface area contributed by atoms with Gasteiger partial charge in [-0.2, -0.15) is 0 Å². The van der Waals surface area contributed by atoms with E-state index in [1.807, 2.05) is 6.07 Å². The standard InChI is InChI=1S/C18H29N3O2S/c1-13(2)19-18(24)21-8-6-20(7-9-21)12-15-11-17(23-5)16(22-4)10-14(15)3/h10-11,13H,6-9,12H2,1-5H3,(H,19,24). The maximum Gasteiger partial charge on any atom is 0.169 e. The molecule has 0 aliphatic carbocycles. The van der Waals surface area contributed by atoms with Crippen LogP contribution in [-0.2, 0) is 6.54 Å². The summed E-state index contributed by atoms with van der Waals surface area (Å²) in [7, 11) is 3.35. The minimum Gasteiger partial charge on any atom is -0.493 e. The molecule has 0 radical (unpaired) electrons. The molecule has 1 aliphatic rings. The van der Waals surface area contributed by atoms with Gasteiger partial charge in [0.15, 0.2) is 16.6 Å². The van der Waals surface area contributed by atoms with Crippen molar-refractivity contribution in [1.82, 2.24) is 15.1 Å². The Labute approximate surface area is 150 Å². The number of piperazine rings is 1. The second kappa shape index (κ2) is 8.53. The number of nitrogens with zero attached hydrogens (tertiary/aromatic N) is 2. The molecular weight excluding hydrogens is 322 g/mol. The lowest BCUT2D eigenvalue weighted by Crippen LogP contribution is -2.52. The first-order valence-corrected chi connectivity index (χ1v) is 8.84. The van der Waals surface area contributed by atoms with E-state index in [1.165, 1.54) is 11.1 Å². The fourth-order valence-corrected chi connectivity index (χ4v) is 3.30. The second-order valence-electron chi connectivity index (χ2n) is 6.50. The number of thiocarbonyl (C=S) groups is 1. The number of nitrogens with one attached hydrogen (secondary N) is 1. The highest BCUT2D eigenvalue weighted by molar-refractivity contribution is 7.80. The fraction of sp³-hybridized carbons (Fsp3) is 0.611. The summed E-state index contributed by atoms with van der Waals surface area (Å²) in [5.74, 6) is 1.58. The molecule has 1 aromatic carbocycles. The predicted octanol–water partition coefficient (Wildman–Crippen LogP) is 2.41. The van der Waals surface area contributed by atoms with E-state index in [0.717, 1.165) is 49.3 Å². The predicted molar refractivity (Wildman–Crippen MR) is 102 cm³/mol. The summed E-state index contributed by atoms with van der Waals surface area (Å²) in [5, 5.41) is 4.19. The molecule has 1 heterocycles. The van der Waals surface area contributed by atoms with Crippen molar-refractivity contribution >= 4 is 17.3 Å². The van der Waals surface area contributed by atoms with Crippen LogP contribution in [0.3, 0.4) is 0 Å². The number of rotatable bonds is 5. The van der Waals surface area contributed by atoms with Crippen LogP contribution in [0, 0.1) is 6.92 Å². The topological polar surface area (TPSA) is 37.0 Å². The van der Waals surface area contributed by atoms with Gasteiger partial charge in [0.1, 0.15) is 0 Å². The van der Waals surface area contributed by atoms with Gasteiger partial charge in [-0.25, -0.2) is 0 Å². The molecule has 2 rings (SSSR count). The van der Waals surface area contributed by atoms with Crippen LogP contribution in [0.15, 0.2) is 12.1 Å². The molecule has 0 bridgehead atoms. The summed E-state index contributed by atoms with van der Waals surface area (Å²) in [6, 6.07) is 4.52. The Morgan fingerprint density at radius 3 is 2.25 bits per heavy atom. The highest BCUT2D eigenvalue weighted by Crippen LogP contribution is 2.30. The zero-order valence-corrected chi connectivity index (χ0v) is 16.2. The Morgan fingerprint density at radius 2 is 1.71 bits per heavy atom. The molecule has 24 heavy (non-hydrogen) atoms. The highest BCUT2D eigenvalue weighted by atomic mass is 32.1. The number of methoxy groups -OCH3 is 2. The van der Waals surface area contributed by atoms with Crippen LogP contribution in [0.5, 0.6) is 11.5 Å². The third-order valence-electron chi connectivity index (χ3n) is 4.31. The molecule has 0 atom stereocenters. The first kappa shape index (κ1) is 18.8. The van der Waals surface area contributed by atoms with Gasteiger partial charge in [0, 0.05) is 38.8 Å². The summed E-state index contributed by atoms with van der Waals surface area (Å²) in [6.45, 7) is 11.2. The van der Waals surface area contributed by atoms with Crippen molar-refractivity contribution in [3.05, 3.63) is 23.3 Å². The van der Waals surface area contributed by atoms with E-state index < -0.39 is 0 Å². The molecule has 1 aromatic rings. The molecule has 1 aliphatic heterocycles. The molecule has 0 unspecified atom stereocenters. The quantitative estimate of drug-likeness (QED) is 0.821. The summed E-state index contributed by atoms with van der Waals surface area (Å²) in [6.07, 6.45) is 0. The first-order valence-electron chi connectivity index (χ1n) is 8.44. The Morgan fingerprint density at radius 1 is 1.12 bits per heavy atom. The normalized spacial score (nSPS) is 15.5. The number of ether oxygens (including phenoxy) is 2. The molecule has 1 fully saturated rings. The number of hydrogen-bond acceptors (Lipinski definition) is 4. The SMILES string of the molecule is COc1cc(C)c(CN2CCN(C(=S)NC(C)C)CC2)cc1OC. The van der Waals surface area contributed by atoms with E-state index >= 15 is 0 Å². The zero-order valence-electron chi connectivity index (χ0n) is 15.4. The summed E-state index contributed by atoms with van der Waals surface area (Å²) >= 11 is 5.47. The molecule has 5 nitrogen and oxygen atoms in total. The van der Waals surface area contributed by atoms with Gasteiger partial charge in [0.2, 0.25) is 0 Å². The van der Waals surface area contributed by atoms with Crippen LogP contribution in [0.2, 0.25) is 0 Å². The van der Waals surface area contributed by atoms with Crippen LogP contribution in [0.1, 0.15) is 25.0 Å². The molecule has 0 saturated carbocycles. The molecular formula is C18H29N3O2S. The third-order valence-corrected chi connectivity index (χ3v) is 4.68. The fourth-order valence-electron chi connectivity index (χ4n) is 2.88. The summed E-state index contributed by atoms with van der Waals surface area (Å²) < 4.78 is 10.8. The Balaban J connectivity index is 1.95. The Bertz CT molecular complexity index is 570. The first-order chi connectivity index (χ1) is 11.4. The number of hydrogen-bond donors (Lipinski definition) is 1. The van der Waals surface area contributed by atoms with Crippen LogP contribution in [-0.4, -0.2) is 61.4 Å². The van der Waals surface area contributed by atoms with Crippen molar-refractivity contribution in [3.63, 3.8) is 0 Å². The van der Waals surface area contributed by atoms with Gasteiger partial charge in [0.25, 0.3) is 0 Å². The highest BCUT2D eigenvalue weighted by Gasteiger charge is 2.20. The maximum atomic E-state index is 5.47. The van der Waals surface area contributed by atoms with Crippen molar-refractivity contribution in [2.75, 3.05) is 40.4 Å². The monoisotopic (exact) mass is 351 g/mol. The zero-order chi connectivity index (χ0) is 17.7. The smallest absolute Gasteiger partial charge is 0.169 e. The van der Waals surface area contributed by atoms with Crippen LogP contribution in [0.4, 0.5) is 0 Å². The van der Waals surface area contributed by atoms with Gasteiger partial charge in [-0.3, -0.25) is 4.90 Å². The van der Waals surface area contributed by atoms with Gasteiger partial charge in [-0.15, -0.1) is 0 Å². The van der Waals surface area contributed by atoms with Crippen molar-refractivity contribution in [2.24, 2.45) is 0 Å². The number of aryl methyl sites for hydroxylation is 1. The Kier molecular flexibility index (Phi) is 6.69. The third kappa shape index (κ3) is 4.74. The van der Waals surface area contributed by atoms with Gasteiger partial charge in [0.05, 0.1) is 14.2 Å². The molecule has 0 spiro atoms. The minimum atomic E-state index is 0.380. The lowest BCUT2D eigenvalue weighted by molar-refractivity contribution is 0.173. The van der Waals surface area contributed by atoms with Crippen LogP contribution >= 0.6 is 12.2 Å².